The van der Waals surface area contributed by atoms with Gasteiger partial charge in [0.2, 0.25) is 0 Å². The van der Waals surface area contributed by atoms with Crippen molar-refractivity contribution in [2.45, 2.75) is 0 Å². The average Bonchev–Trinajstić information content (AvgIpc) is 2.98. The Labute approximate surface area is 121 Å². The number of hydrogen-bond donors (Lipinski definition) is 1. The molecule has 0 spiro atoms. The Morgan fingerprint density at radius 1 is 0.952 bits per heavy atom. The maximum Gasteiger partial charge on any atom is 0.291 e. The lowest BCUT2D eigenvalue weighted by atomic mass is 10.2. The Morgan fingerprint density at radius 3 is 2.52 bits per heavy atom. The topological polar surface area (TPSA) is 42.2 Å². The van der Waals surface area contributed by atoms with Crippen molar-refractivity contribution in [1.82, 2.24) is 0 Å². The van der Waals surface area contributed by atoms with Crippen LogP contribution in [0.4, 0.5) is 10.1 Å². The molecule has 3 rings (SSSR count). The summed E-state index contributed by atoms with van der Waals surface area (Å²) in [6.45, 7) is 0. The zero-order valence-electron chi connectivity index (χ0n) is 11.0. The van der Waals surface area contributed by atoms with E-state index in [1.165, 1.54) is 12.1 Å². The SMILES string of the molecule is O=C(Nc1ccccc1)c1ccc(-c2cccc(F)c2)o1. The number of carbonyl (C=O) groups is 1. The number of halogens is 1. The maximum absolute atomic E-state index is 13.2. The zero-order valence-corrected chi connectivity index (χ0v) is 11.0. The van der Waals surface area contributed by atoms with Crippen LogP contribution >= 0.6 is 0 Å². The monoisotopic (exact) mass is 281 g/mol. The highest BCUT2D eigenvalue weighted by Crippen LogP contribution is 2.23. The lowest BCUT2D eigenvalue weighted by Crippen LogP contribution is -2.10. The largest absolute Gasteiger partial charge is 0.451 e. The summed E-state index contributed by atoms with van der Waals surface area (Å²) >= 11 is 0. The number of carbonyl (C=O) groups excluding carboxylic acids is 1. The van der Waals surface area contributed by atoms with E-state index in [4.69, 9.17) is 4.42 Å². The van der Waals surface area contributed by atoms with Gasteiger partial charge in [0.25, 0.3) is 5.91 Å². The van der Waals surface area contributed by atoms with E-state index in [0.29, 0.717) is 17.0 Å². The van der Waals surface area contributed by atoms with Crippen LogP contribution in [0.5, 0.6) is 0 Å². The summed E-state index contributed by atoms with van der Waals surface area (Å²) in [4.78, 5) is 12.0. The van der Waals surface area contributed by atoms with Gasteiger partial charge in [0.1, 0.15) is 11.6 Å². The van der Waals surface area contributed by atoms with Gasteiger partial charge in [-0.25, -0.2) is 4.39 Å². The Balaban J connectivity index is 1.80. The highest BCUT2D eigenvalue weighted by Gasteiger charge is 2.12. The maximum atomic E-state index is 13.2. The number of benzene rings is 2. The summed E-state index contributed by atoms with van der Waals surface area (Å²) in [6.07, 6.45) is 0. The van der Waals surface area contributed by atoms with Crippen LogP contribution in [0.1, 0.15) is 10.6 Å². The molecule has 0 radical (unpaired) electrons. The summed E-state index contributed by atoms with van der Waals surface area (Å²) in [5.74, 6) is -0.0612. The van der Waals surface area contributed by atoms with E-state index in [9.17, 15) is 9.18 Å². The van der Waals surface area contributed by atoms with Gasteiger partial charge in [0.15, 0.2) is 5.76 Å². The van der Waals surface area contributed by atoms with E-state index in [1.807, 2.05) is 18.2 Å². The third-order valence-electron chi connectivity index (χ3n) is 2.97. The van der Waals surface area contributed by atoms with Gasteiger partial charge in [-0.3, -0.25) is 4.79 Å². The summed E-state index contributed by atoms with van der Waals surface area (Å²) < 4.78 is 18.7. The summed E-state index contributed by atoms with van der Waals surface area (Å²) in [6, 6.07) is 18.3. The number of hydrogen-bond acceptors (Lipinski definition) is 2. The van der Waals surface area contributed by atoms with Gasteiger partial charge < -0.3 is 9.73 Å². The number of nitrogens with one attached hydrogen (secondary N) is 1. The first kappa shape index (κ1) is 13.1. The molecule has 0 atom stereocenters. The van der Waals surface area contributed by atoms with E-state index >= 15 is 0 Å². The Kier molecular flexibility index (Phi) is 3.51. The second kappa shape index (κ2) is 5.63. The van der Waals surface area contributed by atoms with Gasteiger partial charge in [-0.1, -0.05) is 30.3 Å². The van der Waals surface area contributed by atoms with Crippen molar-refractivity contribution in [2.24, 2.45) is 0 Å². The first-order valence-electron chi connectivity index (χ1n) is 6.44. The molecule has 0 fully saturated rings. The third-order valence-corrected chi connectivity index (χ3v) is 2.97. The summed E-state index contributed by atoms with van der Waals surface area (Å²) in [5.41, 5.74) is 1.28. The molecule has 0 unspecified atom stereocenters. The molecule has 3 aromatic rings. The number of amides is 1. The minimum Gasteiger partial charge on any atom is -0.451 e. The fourth-order valence-electron chi connectivity index (χ4n) is 1.97. The molecule has 1 aromatic heterocycles. The van der Waals surface area contributed by atoms with Crippen LogP contribution in [0.3, 0.4) is 0 Å². The predicted molar refractivity (Wildman–Crippen MR) is 78.5 cm³/mol. The highest BCUT2D eigenvalue weighted by atomic mass is 19.1. The highest BCUT2D eigenvalue weighted by molar-refractivity contribution is 6.02. The Bertz CT molecular complexity index is 765. The molecule has 0 saturated heterocycles. The van der Waals surface area contributed by atoms with Gasteiger partial charge >= 0.3 is 0 Å². The smallest absolute Gasteiger partial charge is 0.291 e. The molecule has 3 nitrogen and oxygen atoms in total. The van der Waals surface area contributed by atoms with Crippen LogP contribution in [-0.2, 0) is 0 Å². The first-order chi connectivity index (χ1) is 10.2. The third kappa shape index (κ3) is 3.00. The van der Waals surface area contributed by atoms with Crippen molar-refractivity contribution < 1.29 is 13.6 Å². The Hall–Kier alpha value is -2.88. The summed E-state index contributed by atoms with van der Waals surface area (Å²) in [7, 11) is 0. The van der Waals surface area contributed by atoms with Crippen molar-refractivity contribution in [1.29, 1.82) is 0 Å². The number of para-hydroxylation sites is 1. The van der Waals surface area contributed by atoms with E-state index in [1.54, 1.807) is 36.4 Å². The minimum atomic E-state index is -0.348. The van der Waals surface area contributed by atoms with E-state index in [-0.39, 0.29) is 17.5 Å². The van der Waals surface area contributed by atoms with E-state index in [2.05, 4.69) is 5.32 Å². The average molecular weight is 281 g/mol. The van der Waals surface area contributed by atoms with E-state index < -0.39 is 0 Å². The molecule has 0 aliphatic heterocycles. The van der Waals surface area contributed by atoms with Gasteiger partial charge in [-0.2, -0.15) is 0 Å². The van der Waals surface area contributed by atoms with Crippen LogP contribution < -0.4 is 5.32 Å². The van der Waals surface area contributed by atoms with Crippen LogP contribution in [0.15, 0.2) is 71.1 Å². The summed E-state index contributed by atoms with van der Waals surface area (Å²) in [5, 5.41) is 2.73. The van der Waals surface area contributed by atoms with Crippen molar-refractivity contribution in [2.75, 3.05) is 5.32 Å². The van der Waals surface area contributed by atoms with Crippen molar-refractivity contribution >= 4 is 11.6 Å². The lowest BCUT2D eigenvalue weighted by Gasteiger charge is -2.02. The molecule has 1 N–H and O–H groups in total. The molecule has 104 valence electrons. The fraction of sp³-hybridized carbons (Fsp3) is 0. The molecule has 0 aliphatic rings. The van der Waals surface area contributed by atoms with Crippen LogP contribution in [0.25, 0.3) is 11.3 Å². The van der Waals surface area contributed by atoms with Crippen LogP contribution in [0.2, 0.25) is 0 Å². The van der Waals surface area contributed by atoms with Gasteiger partial charge in [-0.05, 0) is 36.4 Å². The van der Waals surface area contributed by atoms with Crippen molar-refractivity contribution in [3.05, 3.63) is 78.3 Å². The fourth-order valence-corrected chi connectivity index (χ4v) is 1.97. The van der Waals surface area contributed by atoms with Gasteiger partial charge in [0, 0.05) is 11.3 Å². The second-order valence-electron chi connectivity index (χ2n) is 4.49. The van der Waals surface area contributed by atoms with E-state index in [0.717, 1.165) is 0 Å². The van der Waals surface area contributed by atoms with Crippen LogP contribution in [0, 0.1) is 5.82 Å². The number of rotatable bonds is 3. The minimum absolute atomic E-state index is 0.179. The van der Waals surface area contributed by atoms with Gasteiger partial charge in [0.05, 0.1) is 0 Å². The standard InChI is InChI=1S/C17H12FNO2/c18-13-6-4-5-12(11-13)15-9-10-16(21-15)17(20)19-14-7-2-1-3-8-14/h1-11H,(H,19,20). The Morgan fingerprint density at radius 2 is 1.76 bits per heavy atom. The molecule has 4 heteroatoms. The molecule has 0 bridgehead atoms. The molecule has 0 aliphatic carbocycles. The number of furan rings is 1. The first-order valence-corrected chi connectivity index (χ1v) is 6.44. The predicted octanol–water partition coefficient (Wildman–Crippen LogP) is 4.34. The quantitative estimate of drug-likeness (QED) is 0.776. The molecule has 0 saturated carbocycles. The lowest BCUT2D eigenvalue weighted by molar-refractivity contribution is 0.0997. The zero-order chi connectivity index (χ0) is 14.7. The second-order valence-corrected chi connectivity index (χ2v) is 4.49. The van der Waals surface area contributed by atoms with Crippen molar-refractivity contribution in [3.63, 3.8) is 0 Å². The molecule has 1 heterocycles. The molecule has 2 aromatic carbocycles. The normalized spacial score (nSPS) is 10.3. The molecular formula is C17H12FNO2. The van der Waals surface area contributed by atoms with Crippen LogP contribution in [-0.4, -0.2) is 5.91 Å². The van der Waals surface area contributed by atoms with Gasteiger partial charge in [-0.15, -0.1) is 0 Å². The molecular weight excluding hydrogens is 269 g/mol. The number of anilines is 1. The molecule has 1 amide bonds. The van der Waals surface area contributed by atoms with Crippen molar-refractivity contribution in [3.8, 4) is 11.3 Å². The molecule has 21 heavy (non-hydrogen) atoms.